The summed E-state index contributed by atoms with van der Waals surface area (Å²) in [4.78, 5) is 13.8. The van der Waals surface area contributed by atoms with E-state index >= 15 is 0 Å². The maximum absolute atomic E-state index is 12.4. The molecule has 158 valence electrons. The summed E-state index contributed by atoms with van der Waals surface area (Å²) >= 11 is 0. The third kappa shape index (κ3) is 5.75. The second-order valence-corrected chi connectivity index (χ2v) is 8.55. The van der Waals surface area contributed by atoms with Gasteiger partial charge in [-0.3, -0.25) is 4.79 Å². The Bertz CT molecular complexity index is 958. The first-order chi connectivity index (χ1) is 14.3. The van der Waals surface area contributed by atoms with Crippen molar-refractivity contribution in [2.24, 2.45) is 5.92 Å². The Hall–Kier alpha value is -3.02. The van der Waals surface area contributed by atoms with Gasteiger partial charge in [0.15, 0.2) is 0 Å². The minimum absolute atomic E-state index is 0.0346. The van der Waals surface area contributed by atoms with E-state index in [1.165, 1.54) is 15.9 Å². The van der Waals surface area contributed by atoms with Gasteiger partial charge in [0, 0.05) is 5.56 Å². The van der Waals surface area contributed by atoms with Gasteiger partial charge in [0.2, 0.25) is 11.7 Å². The normalized spacial score (nSPS) is 12.4. The van der Waals surface area contributed by atoms with Crippen LogP contribution in [0.3, 0.4) is 0 Å². The highest BCUT2D eigenvalue weighted by Crippen LogP contribution is 2.19. The van der Waals surface area contributed by atoms with Gasteiger partial charge in [0.05, 0.1) is 6.04 Å². The van der Waals surface area contributed by atoms with Crippen LogP contribution in [-0.2, 0) is 17.8 Å². The van der Waals surface area contributed by atoms with Crippen LogP contribution >= 0.6 is 0 Å². The molecule has 3 rings (SSSR count). The molecule has 1 heterocycles. The Morgan fingerprint density at radius 2 is 1.57 bits per heavy atom. The fraction of sp³-hybridized carbons (Fsp3) is 0.417. The summed E-state index contributed by atoms with van der Waals surface area (Å²) in [6.07, 6.45) is 1.06. The van der Waals surface area contributed by atoms with Crippen LogP contribution in [0, 0.1) is 5.92 Å². The second kappa shape index (κ2) is 9.65. The maximum atomic E-state index is 12.4. The molecule has 3 aromatic rings. The molecule has 1 atom stereocenters. The van der Waals surface area contributed by atoms with E-state index < -0.39 is 0 Å². The lowest BCUT2D eigenvalue weighted by molar-refractivity contribution is -0.122. The van der Waals surface area contributed by atoms with Crippen molar-refractivity contribution in [3.63, 3.8) is 0 Å². The number of benzene rings is 2. The third-order valence-electron chi connectivity index (χ3n) is 5.07. The van der Waals surface area contributed by atoms with E-state index in [0.29, 0.717) is 17.7 Å². The molecule has 0 aliphatic carbocycles. The van der Waals surface area contributed by atoms with Gasteiger partial charge >= 0.3 is 0 Å². The lowest BCUT2D eigenvalue weighted by atomic mass is 10.00. The monoisotopic (exact) mass is 405 g/mol. The van der Waals surface area contributed by atoms with Crippen LogP contribution in [0.5, 0.6) is 0 Å². The largest absolute Gasteiger partial charge is 0.348 e. The number of nitrogens with zero attached hydrogens (tertiary/aromatic N) is 4. The van der Waals surface area contributed by atoms with Gasteiger partial charge in [-0.15, -0.1) is 10.2 Å². The second-order valence-electron chi connectivity index (χ2n) is 8.55. The molecule has 0 aliphatic rings. The quantitative estimate of drug-likeness (QED) is 0.597. The summed E-state index contributed by atoms with van der Waals surface area (Å²) < 4.78 is 0. The molecule has 0 saturated heterocycles. The van der Waals surface area contributed by atoms with E-state index in [2.05, 4.69) is 84.8 Å². The van der Waals surface area contributed by atoms with Crippen molar-refractivity contribution in [2.45, 2.75) is 59.5 Å². The van der Waals surface area contributed by atoms with E-state index in [0.717, 1.165) is 17.5 Å². The van der Waals surface area contributed by atoms with Crippen molar-refractivity contribution in [2.75, 3.05) is 0 Å². The lowest BCUT2D eigenvalue weighted by Crippen LogP contribution is -2.30. The number of tetrazole rings is 1. The molecule has 1 aromatic heterocycles. The van der Waals surface area contributed by atoms with E-state index in [1.54, 1.807) is 0 Å². The third-order valence-corrected chi connectivity index (χ3v) is 5.07. The average molecular weight is 406 g/mol. The van der Waals surface area contributed by atoms with Crippen LogP contribution in [0.2, 0.25) is 0 Å². The van der Waals surface area contributed by atoms with Gasteiger partial charge in [-0.2, -0.15) is 4.80 Å². The van der Waals surface area contributed by atoms with Crippen molar-refractivity contribution in [1.29, 1.82) is 0 Å². The number of carbonyl (C=O) groups is 1. The Kier molecular flexibility index (Phi) is 6.98. The maximum Gasteiger partial charge on any atom is 0.244 e. The standard InChI is InChI=1S/C24H31N5O/c1-16(2)14-19-6-8-21(9-7-19)18(5)25-23(30)15-29-27-24(26-28-29)22-12-10-20(11-13-22)17(3)4/h6-13,16-18H,14-15H2,1-5H3,(H,25,30)/t18-/m0/s1. The summed E-state index contributed by atoms with van der Waals surface area (Å²) in [5.74, 6) is 1.47. The lowest BCUT2D eigenvalue weighted by Gasteiger charge is -2.15. The summed E-state index contributed by atoms with van der Waals surface area (Å²) in [6, 6.07) is 16.5. The predicted molar refractivity (Wildman–Crippen MR) is 119 cm³/mol. The van der Waals surface area contributed by atoms with E-state index in [9.17, 15) is 4.79 Å². The van der Waals surface area contributed by atoms with Gasteiger partial charge in [-0.1, -0.05) is 76.2 Å². The topological polar surface area (TPSA) is 72.7 Å². The first-order valence-electron chi connectivity index (χ1n) is 10.6. The van der Waals surface area contributed by atoms with Crippen molar-refractivity contribution in [1.82, 2.24) is 25.5 Å². The van der Waals surface area contributed by atoms with E-state index in [1.807, 2.05) is 19.1 Å². The zero-order valence-electron chi connectivity index (χ0n) is 18.5. The molecule has 0 spiro atoms. The summed E-state index contributed by atoms with van der Waals surface area (Å²) in [5.41, 5.74) is 4.54. The van der Waals surface area contributed by atoms with Crippen LogP contribution in [0.15, 0.2) is 48.5 Å². The van der Waals surface area contributed by atoms with Crippen molar-refractivity contribution in [3.05, 3.63) is 65.2 Å². The Balaban J connectivity index is 1.57. The highest BCUT2D eigenvalue weighted by molar-refractivity contribution is 5.76. The van der Waals surface area contributed by atoms with Crippen LogP contribution in [0.25, 0.3) is 11.4 Å². The molecule has 0 radical (unpaired) electrons. The first-order valence-corrected chi connectivity index (χ1v) is 10.6. The van der Waals surface area contributed by atoms with Crippen molar-refractivity contribution >= 4 is 5.91 Å². The van der Waals surface area contributed by atoms with Gasteiger partial charge in [0.1, 0.15) is 6.54 Å². The molecular weight excluding hydrogens is 374 g/mol. The van der Waals surface area contributed by atoms with Crippen LogP contribution in [-0.4, -0.2) is 26.1 Å². The smallest absolute Gasteiger partial charge is 0.244 e. The van der Waals surface area contributed by atoms with Gasteiger partial charge in [0.25, 0.3) is 0 Å². The molecule has 6 heteroatoms. The molecule has 0 saturated carbocycles. The number of carbonyl (C=O) groups excluding carboxylic acids is 1. The molecule has 0 aliphatic heterocycles. The van der Waals surface area contributed by atoms with E-state index in [-0.39, 0.29) is 18.5 Å². The predicted octanol–water partition coefficient (Wildman–Crippen LogP) is 4.54. The number of amides is 1. The minimum atomic E-state index is -0.145. The number of aromatic nitrogens is 4. The average Bonchev–Trinajstić information content (AvgIpc) is 3.16. The zero-order chi connectivity index (χ0) is 21.7. The molecule has 30 heavy (non-hydrogen) atoms. The van der Waals surface area contributed by atoms with Crippen molar-refractivity contribution < 1.29 is 4.79 Å². The van der Waals surface area contributed by atoms with Gasteiger partial charge in [-0.25, -0.2) is 0 Å². The number of nitrogens with one attached hydrogen (secondary N) is 1. The molecule has 1 N–H and O–H groups in total. The molecule has 0 bridgehead atoms. The SMILES string of the molecule is CC(C)Cc1ccc([C@H](C)NC(=O)Cn2nnc(-c3ccc(C(C)C)cc3)n2)cc1. The molecular formula is C24H31N5O. The zero-order valence-corrected chi connectivity index (χ0v) is 18.5. The first kappa shape index (κ1) is 21.7. The van der Waals surface area contributed by atoms with Gasteiger partial charge < -0.3 is 5.32 Å². The molecule has 1 amide bonds. The number of hydrogen-bond acceptors (Lipinski definition) is 4. The Labute approximate surface area is 178 Å². The fourth-order valence-corrected chi connectivity index (χ4v) is 3.36. The van der Waals surface area contributed by atoms with Crippen LogP contribution in [0.4, 0.5) is 0 Å². The molecule has 0 fully saturated rings. The summed E-state index contributed by atoms with van der Waals surface area (Å²) in [6.45, 7) is 10.7. The minimum Gasteiger partial charge on any atom is -0.348 e. The number of hydrogen-bond donors (Lipinski definition) is 1. The van der Waals surface area contributed by atoms with Crippen LogP contribution in [0.1, 0.15) is 63.3 Å². The highest BCUT2D eigenvalue weighted by atomic mass is 16.2. The number of rotatable bonds is 8. The summed E-state index contributed by atoms with van der Waals surface area (Å²) in [5, 5.41) is 15.5. The van der Waals surface area contributed by atoms with Crippen LogP contribution < -0.4 is 5.32 Å². The van der Waals surface area contributed by atoms with E-state index in [4.69, 9.17) is 0 Å². The molecule has 2 aromatic carbocycles. The highest BCUT2D eigenvalue weighted by Gasteiger charge is 2.13. The van der Waals surface area contributed by atoms with Gasteiger partial charge in [-0.05, 0) is 47.1 Å². The Morgan fingerprint density at radius 1 is 0.933 bits per heavy atom. The Morgan fingerprint density at radius 3 is 2.17 bits per heavy atom. The molecule has 6 nitrogen and oxygen atoms in total. The van der Waals surface area contributed by atoms with Crippen molar-refractivity contribution in [3.8, 4) is 11.4 Å². The summed E-state index contributed by atoms with van der Waals surface area (Å²) in [7, 11) is 0. The fourth-order valence-electron chi connectivity index (χ4n) is 3.36. The molecule has 0 unspecified atom stereocenters.